The quantitative estimate of drug-likeness (QED) is 0.232. The Morgan fingerprint density at radius 3 is 2.79 bits per heavy atom. The molecule has 2 aromatic rings. The molecule has 8 heteroatoms. The van der Waals surface area contributed by atoms with Gasteiger partial charge in [-0.25, -0.2) is 4.98 Å². The molecule has 7 nitrogen and oxygen atoms in total. The number of aromatic nitrogens is 2. The highest BCUT2D eigenvalue weighted by molar-refractivity contribution is 14.0. The van der Waals surface area contributed by atoms with E-state index in [1.807, 2.05) is 24.7 Å². The Kier molecular flexibility index (Phi) is 10.1. The number of nitrogens with zero attached hydrogens (tertiary/aromatic N) is 3. The molecule has 29 heavy (non-hydrogen) atoms. The lowest BCUT2D eigenvalue weighted by atomic mass is 10.1. The summed E-state index contributed by atoms with van der Waals surface area (Å²) in [5, 5.41) is 6.74. The maximum Gasteiger partial charge on any atom is 0.191 e. The number of guanidine groups is 1. The summed E-state index contributed by atoms with van der Waals surface area (Å²) < 4.78 is 13.9. The summed E-state index contributed by atoms with van der Waals surface area (Å²) in [6.45, 7) is 2.39. The predicted octanol–water partition coefficient (Wildman–Crippen LogP) is 3.59. The van der Waals surface area contributed by atoms with Gasteiger partial charge in [0.15, 0.2) is 17.5 Å². The molecule has 1 fully saturated rings. The summed E-state index contributed by atoms with van der Waals surface area (Å²) in [4.78, 5) is 8.37. The maximum absolute atomic E-state index is 6.30. The van der Waals surface area contributed by atoms with E-state index < -0.39 is 0 Å². The van der Waals surface area contributed by atoms with Gasteiger partial charge in [-0.05, 0) is 38.2 Å². The van der Waals surface area contributed by atoms with Gasteiger partial charge in [0, 0.05) is 44.6 Å². The van der Waals surface area contributed by atoms with Gasteiger partial charge in [-0.3, -0.25) is 4.99 Å². The van der Waals surface area contributed by atoms with Gasteiger partial charge in [0.2, 0.25) is 0 Å². The van der Waals surface area contributed by atoms with E-state index in [4.69, 9.17) is 9.47 Å². The van der Waals surface area contributed by atoms with Crippen molar-refractivity contribution >= 4 is 29.9 Å². The molecule has 0 unspecified atom stereocenters. The number of hydrogen-bond acceptors (Lipinski definition) is 4. The van der Waals surface area contributed by atoms with Crippen LogP contribution in [0.4, 0.5) is 0 Å². The third-order valence-electron chi connectivity index (χ3n) is 4.98. The lowest BCUT2D eigenvalue weighted by Gasteiger charge is -2.20. The number of rotatable bonds is 9. The van der Waals surface area contributed by atoms with Crippen LogP contribution in [0, 0.1) is 0 Å². The van der Waals surface area contributed by atoms with Crippen molar-refractivity contribution in [2.75, 3.05) is 20.7 Å². The van der Waals surface area contributed by atoms with Crippen LogP contribution in [0.25, 0.3) is 0 Å². The van der Waals surface area contributed by atoms with Gasteiger partial charge in [0.25, 0.3) is 0 Å². The number of ether oxygens (including phenoxy) is 2. The molecule has 0 spiro atoms. The van der Waals surface area contributed by atoms with Gasteiger partial charge in [0.05, 0.1) is 19.5 Å². The highest BCUT2D eigenvalue weighted by Gasteiger charge is 2.20. The van der Waals surface area contributed by atoms with E-state index >= 15 is 0 Å². The number of methoxy groups -OCH3 is 1. The fourth-order valence-electron chi connectivity index (χ4n) is 3.45. The number of benzene rings is 1. The molecule has 1 aliphatic carbocycles. The van der Waals surface area contributed by atoms with Crippen LogP contribution in [0.15, 0.2) is 41.9 Å². The highest BCUT2D eigenvalue weighted by Crippen LogP contribution is 2.34. The van der Waals surface area contributed by atoms with Crippen LogP contribution in [0.2, 0.25) is 0 Å². The topological polar surface area (TPSA) is 72.7 Å². The number of aliphatic imine (C=N–C) groups is 1. The van der Waals surface area contributed by atoms with E-state index in [0.29, 0.717) is 6.54 Å². The van der Waals surface area contributed by atoms with Gasteiger partial charge >= 0.3 is 0 Å². The highest BCUT2D eigenvalue weighted by atomic mass is 127. The zero-order chi connectivity index (χ0) is 19.6. The molecule has 0 aliphatic heterocycles. The summed E-state index contributed by atoms with van der Waals surface area (Å²) in [7, 11) is 3.47. The number of nitrogens with one attached hydrogen (secondary N) is 2. The molecule has 0 radical (unpaired) electrons. The van der Waals surface area contributed by atoms with E-state index in [2.05, 4.69) is 31.2 Å². The fraction of sp³-hybridized carbons (Fsp3) is 0.524. The first-order chi connectivity index (χ1) is 13.8. The van der Waals surface area contributed by atoms with Gasteiger partial charge < -0.3 is 24.7 Å². The number of aryl methyl sites for hydroxylation is 1. The summed E-state index contributed by atoms with van der Waals surface area (Å²) in [6.07, 6.45) is 11.6. The molecular formula is C21H32IN5O2. The second kappa shape index (κ2) is 12.6. The van der Waals surface area contributed by atoms with E-state index in [9.17, 15) is 0 Å². The largest absolute Gasteiger partial charge is 0.493 e. The van der Waals surface area contributed by atoms with Crippen molar-refractivity contribution in [2.24, 2.45) is 4.99 Å². The molecule has 3 rings (SSSR count). The average Bonchev–Trinajstić information content (AvgIpc) is 3.42. The Morgan fingerprint density at radius 1 is 1.28 bits per heavy atom. The van der Waals surface area contributed by atoms with E-state index in [1.165, 1.54) is 12.8 Å². The van der Waals surface area contributed by atoms with Gasteiger partial charge in [-0.1, -0.05) is 12.1 Å². The third kappa shape index (κ3) is 7.09. The first-order valence-corrected chi connectivity index (χ1v) is 10.0. The monoisotopic (exact) mass is 513 g/mol. The predicted molar refractivity (Wildman–Crippen MR) is 126 cm³/mol. The van der Waals surface area contributed by atoms with Crippen molar-refractivity contribution in [3.63, 3.8) is 0 Å². The van der Waals surface area contributed by atoms with Crippen LogP contribution < -0.4 is 20.1 Å². The summed E-state index contributed by atoms with van der Waals surface area (Å²) in [5.74, 6) is 2.41. The molecule has 160 valence electrons. The molecule has 1 heterocycles. The normalized spacial score (nSPS) is 14.3. The van der Waals surface area contributed by atoms with Crippen molar-refractivity contribution in [1.82, 2.24) is 20.2 Å². The van der Waals surface area contributed by atoms with Crippen LogP contribution in [0.1, 0.15) is 37.7 Å². The van der Waals surface area contributed by atoms with E-state index in [1.54, 1.807) is 20.4 Å². The molecule has 0 saturated heterocycles. The SMILES string of the molecule is CN=C(NCCCn1ccnc1)NCc1cccc(OC)c1OC1CCCC1.I. The molecule has 1 saturated carbocycles. The van der Waals surface area contributed by atoms with Crippen LogP contribution >= 0.6 is 24.0 Å². The molecule has 1 aromatic heterocycles. The van der Waals surface area contributed by atoms with Crippen molar-refractivity contribution in [2.45, 2.75) is 51.3 Å². The Labute approximate surface area is 190 Å². The van der Waals surface area contributed by atoms with Crippen molar-refractivity contribution in [3.05, 3.63) is 42.5 Å². The average molecular weight is 513 g/mol. The molecule has 1 aromatic carbocycles. The van der Waals surface area contributed by atoms with Crippen LogP contribution in [-0.4, -0.2) is 42.3 Å². The maximum atomic E-state index is 6.30. The van der Waals surface area contributed by atoms with Crippen LogP contribution in [-0.2, 0) is 13.1 Å². The zero-order valence-electron chi connectivity index (χ0n) is 17.3. The first kappa shape index (κ1) is 23.3. The lowest BCUT2D eigenvalue weighted by Crippen LogP contribution is -2.37. The molecule has 2 N–H and O–H groups in total. The molecule has 0 amide bonds. The summed E-state index contributed by atoms with van der Waals surface area (Å²) >= 11 is 0. The number of para-hydroxylation sites is 1. The Morgan fingerprint density at radius 2 is 2.10 bits per heavy atom. The van der Waals surface area contributed by atoms with Crippen molar-refractivity contribution in [3.8, 4) is 11.5 Å². The number of imidazole rings is 1. The van der Waals surface area contributed by atoms with Crippen LogP contribution in [0.5, 0.6) is 11.5 Å². The second-order valence-corrected chi connectivity index (χ2v) is 6.98. The van der Waals surface area contributed by atoms with Crippen molar-refractivity contribution in [1.29, 1.82) is 0 Å². The number of halogens is 1. The Bertz CT molecular complexity index is 746. The van der Waals surface area contributed by atoms with E-state index in [-0.39, 0.29) is 30.1 Å². The Hall–Kier alpha value is -1.97. The summed E-state index contributed by atoms with van der Waals surface area (Å²) in [6, 6.07) is 6.03. The fourth-order valence-corrected chi connectivity index (χ4v) is 3.45. The molecule has 0 bridgehead atoms. The van der Waals surface area contributed by atoms with Crippen molar-refractivity contribution < 1.29 is 9.47 Å². The minimum atomic E-state index is 0. The first-order valence-electron chi connectivity index (χ1n) is 10.0. The molecule has 1 aliphatic rings. The van der Waals surface area contributed by atoms with Gasteiger partial charge in [-0.15, -0.1) is 24.0 Å². The molecular weight excluding hydrogens is 481 g/mol. The summed E-state index contributed by atoms with van der Waals surface area (Å²) in [5.41, 5.74) is 1.08. The van der Waals surface area contributed by atoms with Gasteiger partial charge in [-0.2, -0.15) is 0 Å². The van der Waals surface area contributed by atoms with Gasteiger partial charge in [0.1, 0.15) is 0 Å². The zero-order valence-corrected chi connectivity index (χ0v) is 19.6. The smallest absolute Gasteiger partial charge is 0.191 e. The Balaban J connectivity index is 0.00000300. The molecule has 0 atom stereocenters. The minimum absolute atomic E-state index is 0. The minimum Gasteiger partial charge on any atom is -0.493 e. The third-order valence-corrected chi connectivity index (χ3v) is 4.98. The standard InChI is InChI=1S/C21H31N5O2.HI/c1-22-21(24-11-6-13-26-14-12-23-16-26)25-15-17-7-5-10-19(27-2)20(17)28-18-8-3-4-9-18;/h5,7,10,12,14,16,18H,3-4,6,8-9,11,13,15H2,1-2H3,(H2,22,24,25);1H. The van der Waals surface area contributed by atoms with Crippen LogP contribution in [0.3, 0.4) is 0 Å². The van der Waals surface area contributed by atoms with E-state index in [0.717, 1.165) is 55.4 Å². The second-order valence-electron chi connectivity index (χ2n) is 6.98. The number of hydrogen-bond donors (Lipinski definition) is 2. The lowest BCUT2D eigenvalue weighted by molar-refractivity contribution is 0.198.